The van der Waals surface area contributed by atoms with E-state index in [1.165, 1.54) is 10.8 Å². The Labute approximate surface area is 91.8 Å². The van der Waals surface area contributed by atoms with E-state index < -0.39 is 9.28 Å². The van der Waals surface area contributed by atoms with Crippen LogP contribution in [-0.2, 0) is 20.0 Å². The smallest absolute Gasteiger partial charge is 0.393 e. The van der Waals surface area contributed by atoms with Crippen molar-refractivity contribution in [2.45, 2.75) is 12.5 Å². The van der Waals surface area contributed by atoms with Crippen molar-refractivity contribution in [3.05, 3.63) is 29.8 Å². The van der Waals surface area contributed by atoms with Gasteiger partial charge >= 0.3 is 9.28 Å². The molecule has 0 spiro atoms. The molecule has 0 aliphatic carbocycles. The van der Waals surface area contributed by atoms with Gasteiger partial charge in [0.05, 0.1) is 12.7 Å². The van der Waals surface area contributed by atoms with E-state index in [1.807, 2.05) is 12.1 Å². The van der Waals surface area contributed by atoms with Gasteiger partial charge in [-0.15, -0.1) is 0 Å². The summed E-state index contributed by atoms with van der Waals surface area (Å²) in [6.45, 7) is 0.885. The maximum absolute atomic E-state index is 5.37. The van der Waals surface area contributed by atoms with Crippen molar-refractivity contribution < 1.29 is 13.6 Å². The van der Waals surface area contributed by atoms with E-state index in [0.29, 0.717) is 6.10 Å². The number of hydrogen-bond acceptors (Lipinski definition) is 3. The molecule has 0 bridgehead atoms. The van der Waals surface area contributed by atoms with Gasteiger partial charge in [-0.25, -0.2) is 0 Å². The first-order chi connectivity index (χ1) is 7.35. The summed E-state index contributed by atoms with van der Waals surface area (Å²) < 4.78 is 16.0. The quantitative estimate of drug-likeness (QED) is 0.541. The predicted octanol–water partition coefficient (Wildman–Crippen LogP) is 0.616. The molecule has 1 aromatic rings. The molecule has 0 saturated carbocycles. The second-order valence-electron chi connectivity index (χ2n) is 3.51. The summed E-state index contributed by atoms with van der Waals surface area (Å²) in [5.41, 5.74) is 1.29. The van der Waals surface area contributed by atoms with Gasteiger partial charge in [0.1, 0.15) is 0 Å². The number of epoxide rings is 1. The van der Waals surface area contributed by atoms with Gasteiger partial charge in [0.25, 0.3) is 0 Å². The molecule has 15 heavy (non-hydrogen) atoms. The summed E-state index contributed by atoms with van der Waals surface area (Å²) in [5.74, 6) is 0. The van der Waals surface area contributed by atoms with Gasteiger partial charge in [-0.2, -0.15) is 0 Å². The lowest BCUT2D eigenvalue weighted by Gasteiger charge is -2.13. The fraction of sp³-hybridized carbons (Fsp3) is 0.455. The molecule has 1 aliphatic heterocycles. The lowest BCUT2D eigenvalue weighted by molar-refractivity contribution is 0.291. The molecule has 4 heteroatoms. The van der Waals surface area contributed by atoms with E-state index in [4.69, 9.17) is 13.6 Å². The van der Waals surface area contributed by atoms with Gasteiger partial charge in [-0.1, -0.05) is 24.3 Å². The average Bonchev–Trinajstić information content (AvgIpc) is 3.06. The van der Waals surface area contributed by atoms with E-state index in [0.717, 1.165) is 13.0 Å². The molecule has 1 unspecified atom stereocenters. The summed E-state index contributed by atoms with van der Waals surface area (Å²) in [5, 5.41) is 1.20. The average molecular weight is 223 g/mol. The fourth-order valence-electron chi connectivity index (χ4n) is 1.63. The van der Waals surface area contributed by atoms with E-state index in [9.17, 15) is 0 Å². The van der Waals surface area contributed by atoms with Crippen LogP contribution in [0.2, 0.25) is 0 Å². The predicted molar refractivity (Wildman–Crippen MR) is 59.3 cm³/mol. The zero-order chi connectivity index (χ0) is 10.7. The monoisotopic (exact) mass is 223 g/mol. The highest BCUT2D eigenvalue weighted by Crippen LogP contribution is 2.15. The summed E-state index contributed by atoms with van der Waals surface area (Å²) in [7, 11) is 2.09. The molecule has 3 nitrogen and oxygen atoms in total. The van der Waals surface area contributed by atoms with E-state index >= 15 is 0 Å². The highest BCUT2D eigenvalue weighted by Gasteiger charge is 2.26. The molecule has 1 radical (unpaired) electrons. The van der Waals surface area contributed by atoms with E-state index in [1.54, 1.807) is 14.2 Å². The first-order valence-corrected chi connectivity index (χ1v) is 6.31. The Balaban J connectivity index is 2.18. The van der Waals surface area contributed by atoms with Crippen molar-refractivity contribution >= 4 is 14.5 Å². The van der Waals surface area contributed by atoms with Crippen LogP contribution in [0.1, 0.15) is 5.56 Å². The Morgan fingerprint density at radius 3 is 2.60 bits per heavy atom. The number of rotatable bonds is 5. The van der Waals surface area contributed by atoms with Crippen molar-refractivity contribution in [3.8, 4) is 0 Å². The normalized spacial score (nSPS) is 19.5. The molecule has 81 valence electrons. The number of benzene rings is 1. The summed E-state index contributed by atoms with van der Waals surface area (Å²) in [4.78, 5) is 0. The Bertz CT molecular complexity index is 321. The Kier molecular flexibility index (Phi) is 3.53. The molecule has 1 heterocycles. The van der Waals surface area contributed by atoms with Crippen molar-refractivity contribution in [1.29, 1.82) is 0 Å². The minimum atomic E-state index is -1.30. The zero-order valence-electron chi connectivity index (χ0n) is 9.03. The van der Waals surface area contributed by atoms with Crippen molar-refractivity contribution in [3.63, 3.8) is 0 Å². The van der Waals surface area contributed by atoms with Gasteiger partial charge in [0, 0.05) is 20.6 Å². The van der Waals surface area contributed by atoms with Crippen LogP contribution in [0, 0.1) is 0 Å². The maximum atomic E-state index is 5.37. The topological polar surface area (TPSA) is 31.0 Å². The molecule has 0 amide bonds. The Morgan fingerprint density at radius 1 is 1.33 bits per heavy atom. The summed E-state index contributed by atoms with van der Waals surface area (Å²) in [6, 6.07) is 8.28. The van der Waals surface area contributed by atoms with Crippen molar-refractivity contribution in [2.75, 3.05) is 20.8 Å². The molecule has 0 aromatic heterocycles. The van der Waals surface area contributed by atoms with Gasteiger partial charge in [-0.05, 0) is 10.8 Å². The van der Waals surface area contributed by atoms with E-state index in [-0.39, 0.29) is 0 Å². The second kappa shape index (κ2) is 4.89. The molecule has 1 saturated heterocycles. The first kappa shape index (κ1) is 10.8. The van der Waals surface area contributed by atoms with Crippen LogP contribution in [0.25, 0.3) is 0 Å². The molecule has 0 N–H and O–H groups in total. The third kappa shape index (κ3) is 2.66. The first-order valence-electron chi connectivity index (χ1n) is 5.00. The van der Waals surface area contributed by atoms with Gasteiger partial charge in [-0.3, -0.25) is 0 Å². The highest BCUT2D eigenvalue weighted by atomic mass is 28.3. The molecule has 1 aliphatic rings. The fourth-order valence-corrected chi connectivity index (χ4v) is 2.92. The third-order valence-electron chi connectivity index (χ3n) is 2.46. The molecule has 1 aromatic carbocycles. The SMILES string of the molecule is CO[Si](OC)c1ccccc1CC1CO1. The highest BCUT2D eigenvalue weighted by molar-refractivity contribution is 6.61. The van der Waals surface area contributed by atoms with Crippen molar-refractivity contribution in [1.82, 2.24) is 0 Å². The van der Waals surface area contributed by atoms with Gasteiger partial charge in [0.15, 0.2) is 0 Å². The van der Waals surface area contributed by atoms with E-state index in [2.05, 4.69) is 12.1 Å². The molecule has 1 atom stereocenters. The zero-order valence-corrected chi connectivity index (χ0v) is 10.0. The largest absolute Gasteiger partial charge is 0.423 e. The number of ether oxygens (including phenoxy) is 1. The molecule has 1 fully saturated rings. The Morgan fingerprint density at radius 2 is 2.00 bits per heavy atom. The van der Waals surface area contributed by atoms with Crippen molar-refractivity contribution in [2.24, 2.45) is 0 Å². The number of hydrogen-bond donors (Lipinski definition) is 0. The van der Waals surface area contributed by atoms with Gasteiger partial charge in [0.2, 0.25) is 0 Å². The van der Waals surface area contributed by atoms with Gasteiger partial charge < -0.3 is 13.6 Å². The minimum absolute atomic E-state index is 0.406. The lowest BCUT2D eigenvalue weighted by atomic mass is 10.1. The van der Waals surface area contributed by atoms with Crippen LogP contribution in [-0.4, -0.2) is 36.2 Å². The standard InChI is InChI=1S/C11H15O3Si/c1-12-15(13-2)11-6-4-3-5-9(11)7-10-8-14-10/h3-6,10H,7-8H2,1-2H3. The minimum Gasteiger partial charge on any atom is -0.393 e. The Hall–Kier alpha value is -0.683. The summed E-state index contributed by atoms with van der Waals surface area (Å²) in [6.07, 6.45) is 1.37. The third-order valence-corrected chi connectivity index (χ3v) is 4.13. The van der Waals surface area contributed by atoms with Crippen LogP contribution >= 0.6 is 0 Å². The maximum Gasteiger partial charge on any atom is 0.423 e. The van der Waals surface area contributed by atoms with Crippen LogP contribution in [0.5, 0.6) is 0 Å². The lowest BCUT2D eigenvalue weighted by Crippen LogP contribution is -2.37. The van der Waals surface area contributed by atoms with Crippen LogP contribution < -0.4 is 5.19 Å². The second-order valence-corrected chi connectivity index (χ2v) is 5.44. The van der Waals surface area contributed by atoms with Crippen LogP contribution in [0.3, 0.4) is 0 Å². The van der Waals surface area contributed by atoms with Crippen LogP contribution in [0.4, 0.5) is 0 Å². The molecular formula is C11H15O3Si. The van der Waals surface area contributed by atoms with Crippen LogP contribution in [0.15, 0.2) is 24.3 Å². The molecular weight excluding hydrogens is 208 g/mol. The molecule has 2 rings (SSSR count). The summed E-state index contributed by atoms with van der Waals surface area (Å²) >= 11 is 0.